The minimum Gasteiger partial charge on any atom is -0.294 e. The zero-order valence-electron chi connectivity index (χ0n) is 14.7. The van der Waals surface area contributed by atoms with E-state index in [-0.39, 0.29) is 5.82 Å². The molecule has 0 atom stereocenters. The maximum absolute atomic E-state index is 13.9. The van der Waals surface area contributed by atoms with Crippen LogP contribution in [0.2, 0.25) is 0 Å². The van der Waals surface area contributed by atoms with Crippen LogP contribution in [0.15, 0.2) is 48.8 Å². The fraction of sp³-hybridized carbons (Fsp3) is 0.250. The highest BCUT2D eigenvalue weighted by atomic mass is 19.4. The molecule has 3 aromatic rings. The summed E-state index contributed by atoms with van der Waals surface area (Å²) in [7, 11) is 0. The summed E-state index contributed by atoms with van der Waals surface area (Å²) in [6.07, 6.45) is -1.14. The maximum Gasteiger partial charge on any atom is 0.451 e. The van der Waals surface area contributed by atoms with Crippen molar-refractivity contribution in [3.63, 3.8) is 0 Å². The molecule has 4 nitrogen and oxygen atoms in total. The number of benzene rings is 1. The number of hydrogen-bond donors (Lipinski definition) is 0. The Morgan fingerprint density at radius 1 is 1.00 bits per heavy atom. The van der Waals surface area contributed by atoms with Crippen molar-refractivity contribution in [2.75, 3.05) is 6.54 Å². The lowest BCUT2D eigenvalue weighted by Crippen LogP contribution is -2.31. The number of hydrogen-bond acceptors (Lipinski definition) is 4. The summed E-state index contributed by atoms with van der Waals surface area (Å²) in [6.45, 7) is 1.66. The molecule has 144 valence electrons. The van der Waals surface area contributed by atoms with Crippen molar-refractivity contribution >= 4 is 0 Å². The number of nitrogens with zero attached hydrogens (tertiary/aromatic N) is 4. The number of aromatic nitrogens is 3. The number of fused-ring (bicyclic) bond motifs is 1. The van der Waals surface area contributed by atoms with Crippen LogP contribution in [0.1, 0.15) is 22.6 Å². The van der Waals surface area contributed by atoms with E-state index in [1.54, 1.807) is 30.5 Å². The Hall–Kier alpha value is -2.87. The second-order valence-corrected chi connectivity index (χ2v) is 6.66. The van der Waals surface area contributed by atoms with E-state index in [4.69, 9.17) is 0 Å². The first-order valence-electron chi connectivity index (χ1n) is 8.74. The first-order chi connectivity index (χ1) is 13.4. The molecule has 3 heterocycles. The molecule has 0 fully saturated rings. The van der Waals surface area contributed by atoms with E-state index in [1.165, 1.54) is 12.3 Å². The Balaban J connectivity index is 1.45. The molecule has 1 aliphatic heterocycles. The molecule has 1 aliphatic rings. The van der Waals surface area contributed by atoms with Crippen molar-refractivity contribution in [2.24, 2.45) is 0 Å². The Bertz CT molecular complexity index is 986. The van der Waals surface area contributed by atoms with E-state index in [2.05, 4.69) is 19.9 Å². The zero-order chi connectivity index (χ0) is 19.7. The third-order valence-corrected chi connectivity index (χ3v) is 4.65. The van der Waals surface area contributed by atoms with Crippen LogP contribution in [0.4, 0.5) is 17.6 Å². The standard InChI is InChI=1S/C20H16F4N4/c21-16-4-2-1-3-15(16)18-6-5-13(9-25-18)11-28-8-7-17-14(12-28)10-26-19(27-17)20(22,23)24/h1-6,9-10H,7-8,11-12H2. The third kappa shape index (κ3) is 3.87. The van der Waals surface area contributed by atoms with Gasteiger partial charge in [0, 0.05) is 49.6 Å². The van der Waals surface area contributed by atoms with Gasteiger partial charge in [-0.1, -0.05) is 18.2 Å². The van der Waals surface area contributed by atoms with E-state index in [1.807, 2.05) is 6.07 Å². The summed E-state index contributed by atoms with van der Waals surface area (Å²) in [5.41, 5.74) is 3.09. The van der Waals surface area contributed by atoms with Crippen LogP contribution in [-0.4, -0.2) is 26.4 Å². The van der Waals surface area contributed by atoms with Crippen LogP contribution < -0.4 is 0 Å². The Morgan fingerprint density at radius 2 is 1.82 bits per heavy atom. The van der Waals surface area contributed by atoms with Crippen molar-refractivity contribution in [1.29, 1.82) is 0 Å². The molecule has 8 heteroatoms. The number of pyridine rings is 1. The number of rotatable bonds is 3. The van der Waals surface area contributed by atoms with Gasteiger partial charge in [0.1, 0.15) is 5.82 Å². The summed E-state index contributed by atoms with van der Waals surface area (Å²) >= 11 is 0. The summed E-state index contributed by atoms with van der Waals surface area (Å²) in [6, 6.07) is 10.1. The molecule has 0 N–H and O–H groups in total. The number of alkyl halides is 3. The predicted molar refractivity (Wildman–Crippen MR) is 94.5 cm³/mol. The van der Waals surface area contributed by atoms with Crippen molar-refractivity contribution < 1.29 is 17.6 Å². The molecule has 0 saturated heterocycles. The minimum absolute atomic E-state index is 0.325. The van der Waals surface area contributed by atoms with Gasteiger partial charge in [-0.2, -0.15) is 13.2 Å². The highest BCUT2D eigenvalue weighted by molar-refractivity contribution is 5.59. The second-order valence-electron chi connectivity index (χ2n) is 6.66. The predicted octanol–water partition coefficient (Wildman–Crippen LogP) is 4.25. The zero-order valence-corrected chi connectivity index (χ0v) is 14.7. The summed E-state index contributed by atoms with van der Waals surface area (Å²) < 4.78 is 52.1. The van der Waals surface area contributed by atoms with E-state index in [0.29, 0.717) is 48.6 Å². The van der Waals surface area contributed by atoms with Gasteiger partial charge < -0.3 is 0 Å². The Labute approximate surface area is 158 Å². The van der Waals surface area contributed by atoms with Gasteiger partial charge in [-0.25, -0.2) is 14.4 Å². The summed E-state index contributed by atoms with van der Waals surface area (Å²) in [5, 5.41) is 0. The van der Waals surface area contributed by atoms with Crippen molar-refractivity contribution in [3.05, 3.63) is 77.3 Å². The molecule has 28 heavy (non-hydrogen) atoms. The molecule has 0 bridgehead atoms. The quantitative estimate of drug-likeness (QED) is 0.629. The summed E-state index contributed by atoms with van der Waals surface area (Å²) in [5.74, 6) is -1.42. The van der Waals surface area contributed by atoms with Gasteiger partial charge in [-0.3, -0.25) is 9.88 Å². The molecule has 0 spiro atoms. The van der Waals surface area contributed by atoms with Crippen LogP contribution in [-0.2, 0) is 25.7 Å². The lowest BCUT2D eigenvalue weighted by molar-refractivity contribution is -0.145. The highest BCUT2D eigenvalue weighted by Crippen LogP contribution is 2.28. The Morgan fingerprint density at radius 3 is 2.54 bits per heavy atom. The molecular formula is C20H16F4N4. The minimum atomic E-state index is -4.53. The smallest absolute Gasteiger partial charge is 0.294 e. The maximum atomic E-state index is 13.9. The normalized spacial score (nSPS) is 14.7. The lowest BCUT2D eigenvalue weighted by Gasteiger charge is -2.28. The topological polar surface area (TPSA) is 41.9 Å². The SMILES string of the molecule is Fc1ccccc1-c1ccc(CN2CCc3nc(C(F)(F)F)ncc3C2)cn1. The lowest BCUT2D eigenvalue weighted by atomic mass is 10.1. The van der Waals surface area contributed by atoms with Crippen molar-refractivity contribution in [2.45, 2.75) is 25.7 Å². The molecule has 0 saturated carbocycles. The van der Waals surface area contributed by atoms with Gasteiger partial charge in [0.05, 0.1) is 11.4 Å². The van der Waals surface area contributed by atoms with Crippen LogP contribution in [0.3, 0.4) is 0 Å². The first kappa shape index (κ1) is 18.5. The van der Waals surface area contributed by atoms with Crippen LogP contribution in [0.5, 0.6) is 0 Å². The molecule has 2 aromatic heterocycles. The highest BCUT2D eigenvalue weighted by Gasteiger charge is 2.35. The average molecular weight is 388 g/mol. The van der Waals surface area contributed by atoms with Gasteiger partial charge in [0.25, 0.3) is 0 Å². The molecule has 0 radical (unpaired) electrons. The largest absolute Gasteiger partial charge is 0.451 e. The fourth-order valence-corrected chi connectivity index (χ4v) is 3.25. The van der Waals surface area contributed by atoms with Gasteiger partial charge in [-0.15, -0.1) is 0 Å². The third-order valence-electron chi connectivity index (χ3n) is 4.65. The molecule has 0 unspecified atom stereocenters. The van der Waals surface area contributed by atoms with Crippen LogP contribution in [0.25, 0.3) is 11.3 Å². The summed E-state index contributed by atoms with van der Waals surface area (Å²) in [4.78, 5) is 13.6. The molecule has 4 rings (SSSR count). The van der Waals surface area contributed by atoms with Gasteiger partial charge in [0.15, 0.2) is 0 Å². The van der Waals surface area contributed by atoms with Crippen LogP contribution in [0, 0.1) is 5.82 Å². The van der Waals surface area contributed by atoms with Gasteiger partial charge in [-0.05, 0) is 23.8 Å². The van der Waals surface area contributed by atoms with E-state index in [0.717, 1.165) is 5.56 Å². The first-order valence-corrected chi connectivity index (χ1v) is 8.74. The fourth-order valence-electron chi connectivity index (χ4n) is 3.25. The molecular weight excluding hydrogens is 372 g/mol. The van der Waals surface area contributed by atoms with E-state index >= 15 is 0 Å². The molecule has 0 aliphatic carbocycles. The van der Waals surface area contributed by atoms with Gasteiger partial charge in [0.2, 0.25) is 5.82 Å². The van der Waals surface area contributed by atoms with Crippen molar-refractivity contribution in [1.82, 2.24) is 19.9 Å². The Kier molecular flexibility index (Phi) is 4.80. The average Bonchev–Trinajstić information content (AvgIpc) is 2.68. The number of halogens is 4. The molecule has 1 aromatic carbocycles. The van der Waals surface area contributed by atoms with E-state index < -0.39 is 12.0 Å². The van der Waals surface area contributed by atoms with Gasteiger partial charge >= 0.3 is 6.18 Å². The molecule has 0 amide bonds. The monoisotopic (exact) mass is 388 g/mol. The van der Waals surface area contributed by atoms with Crippen LogP contribution >= 0.6 is 0 Å². The van der Waals surface area contributed by atoms with E-state index in [9.17, 15) is 17.6 Å². The van der Waals surface area contributed by atoms with Crippen molar-refractivity contribution in [3.8, 4) is 11.3 Å². The second kappa shape index (κ2) is 7.27.